The minimum Gasteiger partial charge on any atom is -0.489 e. The van der Waals surface area contributed by atoms with Crippen LogP contribution in [0.4, 0.5) is 26.3 Å². The van der Waals surface area contributed by atoms with E-state index in [1.807, 2.05) is 0 Å². The van der Waals surface area contributed by atoms with Crippen LogP contribution in [0.15, 0.2) is 30.3 Å². The number of aliphatic hydroxyl groups excluding tert-OH is 1. The van der Waals surface area contributed by atoms with E-state index in [1.54, 1.807) is 0 Å². The summed E-state index contributed by atoms with van der Waals surface area (Å²) in [5.74, 6) is -6.48. The summed E-state index contributed by atoms with van der Waals surface area (Å²) < 4.78 is 91.4. The van der Waals surface area contributed by atoms with Crippen molar-refractivity contribution in [2.24, 2.45) is 0 Å². The van der Waals surface area contributed by atoms with E-state index in [0.29, 0.717) is 29.4 Å². The maximum atomic E-state index is 15.8. The fraction of sp³-hybridized carbons (Fsp3) is 0.440. The average molecular weight is 548 g/mol. The number of nitrogens with one attached hydrogen (secondary N) is 2. The molecule has 5 nitrogen and oxygen atoms in total. The molecule has 2 atom stereocenters. The van der Waals surface area contributed by atoms with Gasteiger partial charge in [-0.05, 0) is 55.3 Å². The Morgan fingerprint density at radius 2 is 1.95 bits per heavy atom. The van der Waals surface area contributed by atoms with Crippen LogP contribution in [0.25, 0.3) is 10.9 Å². The van der Waals surface area contributed by atoms with Crippen molar-refractivity contribution < 1.29 is 36.2 Å². The summed E-state index contributed by atoms with van der Waals surface area (Å²) in [5.41, 5.74) is 0.607. The second-order valence-corrected chi connectivity index (χ2v) is 9.49. The molecular formula is C25H27F6N3O2S. The van der Waals surface area contributed by atoms with E-state index >= 15 is 8.78 Å². The SMILES string of the molecule is OCC(F)(F)CN1[C@H](c2c(F)ccc(OCCNCCCF)c2F)c2[nH]c3cc(F)ccc3c2C[C@H]1S. The molecule has 1 aliphatic heterocycles. The minimum atomic E-state index is -3.58. The van der Waals surface area contributed by atoms with Crippen LogP contribution >= 0.6 is 12.6 Å². The van der Waals surface area contributed by atoms with Crippen LogP contribution in [0.3, 0.4) is 0 Å². The van der Waals surface area contributed by atoms with E-state index in [4.69, 9.17) is 4.74 Å². The highest BCUT2D eigenvalue weighted by Gasteiger charge is 2.44. The second-order valence-electron chi connectivity index (χ2n) is 8.89. The third kappa shape index (κ3) is 5.87. The van der Waals surface area contributed by atoms with E-state index in [2.05, 4.69) is 22.9 Å². The van der Waals surface area contributed by atoms with Crippen molar-refractivity contribution in [2.75, 3.05) is 39.5 Å². The van der Waals surface area contributed by atoms with Crippen LogP contribution in [0.2, 0.25) is 0 Å². The first-order valence-corrected chi connectivity index (χ1v) is 12.3. The highest BCUT2D eigenvalue weighted by Crippen LogP contribution is 2.45. The number of rotatable bonds is 11. The predicted octanol–water partition coefficient (Wildman–Crippen LogP) is 4.74. The van der Waals surface area contributed by atoms with Gasteiger partial charge in [0.25, 0.3) is 5.92 Å². The van der Waals surface area contributed by atoms with Crippen LogP contribution in [0.5, 0.6) is 5.75 Å². The molecule has 0 aliphatic carbocycles. The Balaban J connectivity index is 1.77. The van der Waals surface area contributed by atoms with Gasteiger partial charge in [0.05, 0.1) is 30.2 Å². The molecule has 1 aliphatic rings. The molecule has 4 rings (SSSR count). The standard InChI is InChI=1S/C25H27F6N3O2S/c26-6-1-7-32-8-9-36-19-5-4-17(28)21(22(19)29)24-23-16(15-3-2-14(27)10-18(15)33-23)11-20(37)34(24)12-25(30,31)13-35/h2-5,10,20,24,32-33,35,37H,1,6-9,11-13H2/t20-,24-/m1/s1. The first-order valence-electron chi connectivity index (χ1n) is 11.8. The van der Waals surface area contributed by atoms with Crippen molar-refractivity contribution in [1.29, 1.82) is 0 Å². The minimum absolute atomic E-state index is 0.00263. The lowest BCUT2D eigenvalue weighted by Crippen LogP contribution is -2.48. The van der Waals surface area contributed by atoms with Crippen molar-refractivity contribution in [3.05, 3.63) is 64.6 Å². The molecule has 37 heavy (non-hydrogen) atoms. The Labute approximate surface area is 215 Å². The van der Waals surface area contributed by atoms with Crippen molar-refractivity contribution in [3.63, 3.8) is 0 Å². The summed E-state index contributed by atoms with van der Waals surface area (Å²) >= 11 is 4.47. The van der Waals surface area contributed by atoms with Gasteiger partial charge in [0.15, 0.2) is 11.6 Å². The zero-order valence-electron chi connectivity index (χ0n) is 19.7. The molecule has 202 valence electrons. The van der Waals surface area contributed by atoms with Crippen LogP contribution < -0.4 is 10.1 Å². The van der Waals surface area contributed by atoms with E-state index < -0.39 is 60.2 Å². The van der Waals surface area contributed by atoms with E-state index in [9.17, 15) is 22.7 Å². The molecular weight excluding hydrogens is 520 g/mol. The predicted molar refractivity (Wildman–Crippen MR) is 131 cm³/mol. The van der Waals surface area contributed by atoms with Gasteiger partial charge in [0, 0.05) is 23.1 Å². The highest BCUT2D eigenvalue weighted by molar-refractivity contribution is 7.80. The molecule has 0 saturated heterocycles. The smallest absolute Gasteiger partial charge is 0.283 e. The lowest BCUT2D eigenvalue weighted by molar-refractivity contribution is -0.0815. The second kappa shape index (κ2) is 11.5. The molecule has 0 radical (unpaired) electrons. The van der Waals surface area contributed by atoms with Gasteiger partial charge in [0.1, 0.15) is 24.8 Å². The van der Waals surface area contributed by atoms with Gasteiger partial charge in [-0.2, -0.15) is 12.6 Å². The van der Waals surface area contributed by atoms with Gasteiger partial charge in [-0.25, -0.2) is 22.0 Å². The molecule has 0 bridgehead atoms. The third-order valence-electron chi connectivity index (χ3n) is 6.31. The first-order chi connectivity index (χ1) is 17.7. The lowest BCUT2D eigenvalue weighted by atomic mass is 9.91. The van der Waals surface area contributed by atoms with E-state index in [-0.39, 0.29) is 31.0 Å². The van der Waals surface area contributed by atoms with Crippen LogP contribution in [0.1, 0.15) is 29.3 Å². The molecule has 0 spiro atoms. The van der Waals surface area contributed by atoms with E-state index in [1.165, 1.54) is 18.2 Å². The fourth-order valence-corrected chi connectivity index (χ4v) is 5.02. The maximum absolute atomic E-state index is 15.8. The van der Waals surface area contributed by atoms with Gasteiger partial charge in [-0.3, -0.25) is 9.29 Å². The van der Waals surface area contributed by atoms with Crippen molar-refractivity contribution in [2.45, 2.75) is 30.2 Å². The molecule has 3 aromatic rings. The number of alkyl halides is 3. The van der Waals surface area contributed by atoms with Gasteiger partial charge in [-0.1, -0.05) is 0 Å². The zero-order chi connectivity index (χ0) is 26.7. The van der Waals surface area contributed by atoms with Gasteiger partial charge < -0.3 is 20.1 Å². The number of aromatic nitrogens is 1. The summed E-state index contributed by atoms with van der Waals surface area (Å²) in [5, 5.41) is 11.8. The summed E-state index contributed by atoms with van der Waals surface area (Å²) in [6.45, 7) is -2.30. The first kappa shape index (κ1) is 27.6. The highest BCUT2D eigenvalue weighted by atomic mass is 32.1. The number of hydrogen-bond donors (Lipinski definition) is 4. The Bertz CT molecular complexity index is 1240. The van der Waals surface area contributed by atoms with Gasteiger partial charge in [0.2, 0.25) is 0 Å². The summed E-state index contributed by atoms with van der Waals surface area (Å²) in [6, 6.07) is 4.65. The maximum Gasteiger partial charge on any atom is 0.283 e. The summed E-state index contributed by atoms with van der Waals surface area (Å²) in [7, 11) is 0. The van der Waals surface area contributed by atoms with Crippen LogP contribution in [0, 0.1) is 17.5 Å². The molecule has 0 amide bonds. The number of benzene rings is 2. The molecule has 0 saturated carbocycles. The number of aromatic amines is 1. The molecule has 1 aromatic heterocycles. The molecule has 3 N–H and O–H groups in total. The molecule has 0 fully saturated rings. The van der Waals surface area contributed by atoms with Crippen molar-refractivity contribution >= 4 is 23.5 Å². The monoisotopic (exact) mass is 547 g/mol. The fourth-order valence-electron chi connectivity index (χ4n) is 4.63. The number of aliphatic hydroxyl groups is 1. The Morgan fingerprint density at radius 3 is 2.68 bits per heavy atom. The van der Waals surface area contributed by atoms with E-state index in [0.717, 1.165) is 17.0 Å². The van der Waals surface area contributed by atoms with Crippen LogP contribution in [-0.2, 0) is 6.42 Å². The molecule has 2 heterocycles. The largest absolute Gasteiger partial charge is 0.489 e. The Kier molecular flexibility index (Phi) is 8.62. The number of H-pyrrole nitrogens is 1. The number of ether oxygens (including phenoxy) is 1. The van der Waals surface area contributed by atoms with Gasteiger partial charge >= 0.3 is 0 Å². The number of thiol groups is 1. The van der Waals surface area contributed by atoms with Crippen molar-refractivity contribution in [1.82, 2.24) is 15.2 Å². The topological polar surface area (TPSA) is 60.5 Å². The molecule has 12 heteroatoms. The van der Waals surface area contributed by atoms with Crippen LogP contribution in [-0.4, -0.2) is 65.8 Å². The third-order valence-corrected chi connectivity index (χ3v) is 6.79. The summed E-state index contributed by atoms with van der Waals surface area (Å²) in [4.78, 5) is 4.08. The average Bonchev–Trinajstić information content (AvgIpc) is 3.21. The Hall–Kier alpha value is -2.41. The Morgan fingerprint density at radius 1 is 1.16 bits per heavy atom. The number of halogens is 6. The normalized spacial score (nSPS) is 18.4. The summed E-state index contributed by atoms with van der Waals surface area (Å²) in [6.07, 6.45) is 0.443. The quantitative estimate of drug-likeness (QED) is 0.159. The number of hydrogen-bond acceptors (Lipinski definition) is 5. The van der Waals surface area contributed by atoms with Crippen molar-refractivity contribution in [3.8, 4) is 5.75 Å². The zero-order valence-corrected chi connectivity index (χ0v) is 20.6. The van der Waals surface area contributed by atoms with Gasteiger partial charge in [-0.15, -0.1) is 0 Å². The number of nitrogens with zero attached hydrogens (tertiary/aromatic N) is 1. The number of fused-ring (bicyclic) bond motifs is 3. The molecule has 0 unspecified atom stereocenters. The molecule has 2 aromatic carbocycles. The lowest BCUT2D eigenvalue weighted by Gasteiger charge is -2.41.